The molecule has 1 saturated carbocycles. The summed E-state index contributed by atoms with van der Waals surface area (Å²) in [5, 5.41) is 0. The van der Waals surface area contributed by atoms with Gasteiger partial charge in [0.15, 0.2) is 0 Å². The first kappa shape index (κ1) is 11.1. The summed E-state index contributed by atoms with van der Waals surface area (Å²) in [5.74, 6) is 6.29. The summed E-state index contributed by atoms with van der Waals surface area (Å²) in [6.45, 7) is 11.2. The van der Waals surface area contributed by atoms with E-state index in [4.69, 9.17) is 0 Å². The van der Waals surface area contributed by atoms with Crippen LogP contribution in [0.2, 0.25) is 6.82 Å². The van der Waals surface area contributed by atoms with Gasteiger partial charge in [-0.25, -0.2) is 0 Å². The monoisotopic (exact) mass is 158 g/mol. The summed E-state index contributed by atoms with van der Waals surface area (Å²) in [4.78, 5) is 0. The zero-order valence-corrected chi connectivity index (χ0v) is 7.98. The van der Waals surface area contributed by atoms with Gasteiger partial charge in [-0.1, -0.05) is 37.0 Å². The van der Waals surface area contributed by atoms with E-state index in [1.807, 2.05) is 6.92 Å². The molecule has 0 saturated heterocycles. The second-order valence-electron chi connectivity index (χ2n) is 2.64. The lowest BCUT2D eigenvalue weighted by Gasteiger charge is -2.01. The minimum Gasteiger partial charge on any atom is -0.106 e. The number of hydrogen-bond acceptors (Lipinski definition) is 0. The van der Waals surface area contributed by atoms with Crippen LogP contribution in [0.25, 0.3) is 0 Å². The van der Waals surface area contributed by atoms with Gasteiger partial charge < -0.3 is 0 Å². The summed E-state index contributed by atoms with van der Waals surface area (Å²) >= 11 is 0. The Morgan fingerprint density at radius 2 is 1.67 bits per heavy atom. The molecule has 0 amide bonds. The Bertz CT molecular complexity index is 211. The maximum absolute atomic E-state index is 4.50. The van der Waals surface area contributed by atoms with Gasteiger partial charge in [-0.05, 0) is 19.8 Å². The molecule has 1 aliphatic rings. The second kappa shape index (κ2) is 5.72. The van der Waals surface area contributed by atoms with Crippen LogP contribution in [-0.4, -0.2) is 7.85 Å². The van der Waals surface area contributed by atoms with Gasteiger partial charge in [0.2, 0.25) is 0 Å². The fourth-order valence-electron chi connectivity index (χ4n) is 1.25. The molecule has 62 valence electrons. The topological polar surface area (TPSA) is 0 Å². The van der Waals surface area contributed by atoms with Gasteiger partial charge in [0, 0.05) is 0 Å². The summed E-state index contributed by atoms with van der Waals surface area (Å²) in [5.41, 5.74) is 2.47. The Morgan fingerprint density at radius 1 is 1.25 bits per heavy atom. The standard InChI is InChI=1S/C10H12.CH3B/c1-4-5-10-8(2)6-7-9(10)3;1-2/h10H,2-3,6-7H2,1H3;1H3. The van der Waals surface area contributed by atoms with Crippen LogP contribution >= 0.6 is 0 Å². The molecule has 2 radical (unpaired) electrons. The van der Waals surface area contributed by atoms with Gasteiger partial charge in [-0.3, -0.25) is 0 Å². The quantitative estimate of drug-likeness (QED) is 0.289. The van der Waals surface area contributed by atoms with Crippen molar-refractivity contribution in [1.82, 2.24) is 0 Å². The third kappa shape index (κ3) is 2.62. The van der Waals surface area contributed by atoms with Crippen LogP contribution in [0.15, 0.2) is 24.3 Å². The SMILES string of the molecule is C=C1CCC(=C)C1C#CC.[B]C. The first-order valence-corrected chi connectivity index (χ1v) is 4.11. The van der Waals surface area contributed by atoms with E-state index in [1.165, 1.54) is 18.0 Å². The van der Waals surface area contributed by atoms with Gasteiger partial charge in [-0.15, -0.1) is 5.92 Å². The van der Waals surface area contributed by atoms with Gasteiger partial charge in [0.05, 0.1) is 13.8 Å². The Morgan fingerprint density at radius 3 is 2.00 bits per heavy atom. The fraction of sp³-hybridized carbons (Fsp3) is 0.455. The molecule has 0 nitrogen and oxygen atoms in total. The minimum atomic E-state index is 0.296. The van der Waals surface area contributed by atoms with Gasteiger partial charge in [0.25, 0.3) is 0 Å². The highest BCUT2D eigenvalue weighted by Crippen LogP contribution is 2.32. The van der Waals surface area contributed by atoms with Crippen LogP contribution in [0.3, 0.4) is 0 Å². The Kier molecular flexibility index (Phi) is 5.29. The molecule has 0 aromatic rings. The molecule has 0 unspecified atom stereocenters. The van der Waals surface area contributed by atoms with E-state index in [9.17, 15) is 0 Å². The minimum absolute atomic E-state index is 0.296. The Labute approximate surface area is 77.2 Å². The van der Waals surface area contributed by atoms with Gasteiger partial charge in [0.1, 0.15) is 0 Å². The molecule has 0 aromatic heterocycles. The van der Waals surface area contributed by atoms with Crippen LogP contribution < -0.4 is 0 Å². The zero-order chi connectivity index (χ0) is 9.56. The molecule has 12 heavy (non-hydrogen) atoms. The fourth-order valence-corrected chi connectivity index (χ4v) is 1.25. The summed E-state index contributed by atoms with van der Waals surface area (Å²) < 4.78 is 0. The van der Waals surface area contributed by atoms with Crippen molar-refractivity contribution < 1.29 is 0 Å². The van der Waals surface area contributed by atoms with Crippen molar-refractivity contribution in [2.24, 2.45) is 5.92 Å². The van der Waals surface area contributed by atoms with Crippen molar-refractivity contribution in [3.05, 3.63) is 24.3 Å². The third-order valence-electron chi connectivity index (χ3n) is 1.87. The third-order valence-corrected chi connectivity index (χ3v) is 1.87. The van der Waals surface area contributed by atoms with E-state index < -0.39 is 0 Å². The largest absolute Gasteiger partial charge is 0.106 e. The summed E-state index contributed by atoms with van der Waals surface area (Å²) in [7, 11) is 4.50. The molecule has 1 fully saturated rings. The highest BCUT2D eigenvalue weighted by molar-refractivity contribution is 6.05. The predicted molar refractivity (Wildman–Crippen MR) is 56.1 cm³/mol. The molecule has 0 bridgehead atoms. The van der Waals surface area contributed by atoms with Crippen molar-refractivity contribution in [3.8, 4) is 11.8 Å². The molecule has 1 aliphatic carbocycles. The molecule has 1 rings (SSSR count). The molecule has 0 N–H and O–H groups in total. The number of rotatable bonds is 0. The first-order chi connectivity index (χ1) is 5.75. The van der Waals surface area contributed by atoms with Crippen molar-refractivity contribution in [2.75, 3.05) is 0 Å². The van der Waals surface area contributed by atoms with Crippen molar-refractivity contribution >= 4 is 7.85 Å². The number of hydrogen-bond donors (Lipinski definition) is 0. The average Bonchev–Trinajstić information content (AvgIpc) is 2.40. The predicted octanol–water partition coefficient (Wildman–Crippen LogP) is 2.74. The van der Waals surface area contributed by atoms with E-state index in [1.54, 1.807) is 0 Å². The van der Waals surface area contributed by atoms with Gasteiger partial charge >= 0.3 is 0 Å². The molecule has 0 atom stereocenters. The lowest BCUT2D eigenvalue weighted by molar-refractivity contribution is 1.01. The lowest BCUT2D eigenvalue weighted by atomic mass is 10.0. The van der Waals surface area contributed by atoms with E-state index in [0.29, 0.717) is 5.92 Å². The van der Waals surface area contributed by atoms with E-state index in [2.05, 4.69) is 32.8 Å². The molecular formula is C11H15B. The van der Waals surface area contributed by atoms with Crippen LogP contribution in [-0.2, 0) is 0 Å². The van der Waals surface area contributed by atoms with Crippen molar-refractivity contribution in [3.63, 3.8) is 0 Å². The lowest BCUT2D eigenvalue weighted by Crippen LogP contribution is -1.92. The maximum Gasteiger partial charge on any atom is 0.0616 e. The van der Waals surface area contributed by atoms with Crippen LogP contribution in [0, 0.1) is 17.8 Å². The Hall–Kier alpha value is -0.895. The maximum atomic E-state index is 4.50. The van der Waals surface area contributed by atoms with E-state index in [-0.39, 0.29) is 0 Å². The molecule has 0 heterocycles. The smallest absolute Gasteiger partial charge is 0.0616 e. The molecule has 0 spiro atoms. The normalized spacial score (nSPS) is 16.2. The van der Waals surface area contributed by atoms with Crippen LogP contribution in [0.1, 0.15) is 19.8 Å². The van der Waals surface area contributed by atoms with E-state index >= 15 is 0 Å². The Balaban J connectivity index is 0.000000561. The van der Waals surface area contributed by atoms with Crippen molar-refractivity contribution in [2.45, 2.75) is 26.6 Å². The highest BCUT2D eigenvalue weighted by Gasteiger charge is 2.20. The van der Waals surface area contributed by atoms with Crippen LogP contribution in [0.5, 0.6) is 0 Å². The number of allylic oxidation sites excluding steroid dienone is 2. The van der Waals surface area contributed by atoms with Crippen LogP contribution in [0.4, 0.5) is 0 Å². The summed E-state index contributed by atoms with van der Waals surface area (Å²) in [6, 6.07) is 0. The highest BCUT2D eigenvalue weighted by atomic mass is 14.2. The average molecular weight is 158 g/mol. The first-order valence-electron chi connectivity index (χ1n) is 4.11. The molecule has 1 heteroatoms. The molecular weight excluding hydrogens is 143 g/mol. The molecule has 0 aromatic carbocycles. The van der Waals surface area contributed by atoms with Crippen molar-refractivity contribution in [1.29, 1.82) is 0 Å². The summed E-state index contributed by atoms with van der Waals surface area (Å²) in [6.07, 6.45) is 2.16. The second-order valence-corrected chi connectivity index (χ2v) is 2.64. The zero-order valence-electron chi connectivity index (χ0n) is 7.98. The van der Waals surface area contributed by atoms with Gasteiger partial charge in [-0.2, -0.15) is 0 Å². The molecule has 0 aliphatic heterocycles. The van der Waals surface area contributed by atoms with E-state index in [0.717, 1.165) is 12.8 Å².